The molecular weight excluding hydrogens is 144 g/mol. The molecule has 1 heterocycles. The largest absolute Gasteiger partial charge is 0.460 e. The van der Waals surface area contributed by atoms with Crippen molar-refractivity contribution < 1.29 is 14.6 Å². The highest BCUT2D eigenvalue weighted by Crippen LogP contribution is 2.20. The molecule has 1 saturated heterocycles. The van der Waals surface area contributed by atoms with Crippen molar-refractivity contribution >= 4 is 5.97 Å². The number of hydrogen-bond donors (Lipinski definition) is 1. The van der Waals surface area contributed by atoms with E-state index in [0.29, 0.717) is 12.8 Å². The average molecular weight is 158 g/mol. The van der Waals surface area contributed by atoms with Crippen molar-refractivity contribution in [2.24, 2.45) is 5.92 Å². The van der Waals surface area contributed by atoms with Crippen LogP contribution in [0.3, 0.4) is 0 Å². The molecule has 2 atom stereocenters. The van der Waals surface area contributed by atoms with Crippen molar-refractivity contribution in [1.29, 1.82) is 0 Å². The molecule has 0 aliphatic carbocycles. The maximum atomic E-state index is 10.6. The van der Waals surface area contributed by atoms with Crippen LogP contribution in [0.15, 0.2) is 0 Å². The van der Waals surface area contributed by atoms with Gasteiger partial charge in [-0.25, -0.2) is 0 Å². The van der Waals surface area contributed by atoms with Crippen LogP contribution >= 0.6 is 0 Å². The van der Waals surface area contributed by atoms with Crippen molar-refractivity contribution in [3.63, 3.8) is 0 Å². The second kappa shape index (κ2) is 3.22. The van der Waals surface area contributed by atoms with Gasteiger partial charge in [-0.15, -0.1) is 0 Å². The highest BCUT2D eigenvalue weighted by molar-refractivity contribution is 5.71. The SMILES string of the molecule is CC(C)C(O)[C@H]1CCC(=O)O1. The molecular formula is C8H14O3. The van der Waals surface area contributed by atoms with Crippen molar-refractivity contribution in [1.82, 2.24) is 0 Å². The molecule has 1 fully saturated rings. The lowest BCUT2D eigenvalue weighted by atomic mass is 10.0. The van der Waals surface area contributed by atoms with E-state index in [1.54, 1.807) is 0 Å². The number of hydrogen-bond acceptors (Lipinski definition) is 3. The van der Waals surface area contributed by atoms with Crippen LogP contribution in [-0.4, -0.2) is 23.3 Å². The van der Waals surface area contributed by atoms with Gasteiger partial charge in [-0.2, -0.15) is 0 Å². The minimum Gasteiger partial charge on any atom is -0.460 e. The quantitative estimate of drug-likeness (QED) is 0.602. The van der Waals surface area contributed by atoms with Crippen LogP contribution in [0.4, 0.5) is 0 Å². The van der Waals surface area contributed by atoms with Crippen LogP contribution in [0.5, 0.6) is 0 Å². The lowest BCUT2D eigenvalue weighted by molar-refractivity contribution is -0.146. The number of carbonyl (C=O) groups is 1. The molecule has 3 heteroatoms. The molecule has 11 heavy (non-hydrogen) atoms. The molecule has 64 valence electrons. The predicted molar refractivity (Wildman–Crippen MR) is 40.0 cm³/mol. The smallest absolute Gasteiger partial charge is 0.306 e. The van der Waals surface area contributed by atoms with Gasteiger partial charge < -0.3 is 9.84 Å². The monoisotopic (exact) mass is 158 g/mol. The average Bonchev–Trinajstić information content (AvgIpc) is 2.34. The molecule has 0 amide bonds. The van der Waals surface area contributed by atoms with E-state index in [2.05, 4.69) is 0 Å². The van der Waals surface area contributed by atoms with E-state index in [1.807, 2.05) is 13.8 Å². The van der Waals surface area contributed by atoms with Crippen LogP contribution in [0.2, 0.25) is 0 Å². The fourth-order valence-electron chi connectivity index (χ4n) is 1.22. The summed E-state index contributed by atoms with van der Waals surface area (Å²) < 4.78 is 4.90. The highest BCUT2D eigenvalue weighted by Gasteiger charge is 2.31. The molecule has 0 aromatic heterocycles. The first-order chi connectivity index (χ1) is 5.11. The number of ether oxygens (including phenoxy) is 1. The fraction of sp³-hybridized carbons (Fsp3) is 0.875. The van der Waals surface area contributed by atoms with E-state index in [9.17, 15) is 9.90 Å². The second-order valence-corrected chi connectivity index (χ2v) is 3.30. The normalized spacial score (nSPS) is 27.3. The standard InChI is InChI=1S/C8H14O3/c1-5(2)8(10)6-3-4-7(9)11-6/h5-6,8,10H,3-4H2,1-2H3/t6-,8?/m1/s1. The summed E-state index contributed by atoms with van der Waals surface area (Å²) in [6, 6.07) is 0. The van der Waals surface area contributed by atoms with E-state index in [-0.39, 0.29) is 18.0 Å². The first kappa shape index (κ1) is 8.53. The zero-order chi connectivity index (χ0) is 8.43. The number of rotatable bonds is 2. The van der Waals surface area contributed by atoms with Gasteiger partial charge >= 0.3 is 5.97 Å². The Hall–Kier alpha value is -0.570. The number of cyclic esters (lactones) is 1. The zero-order valence-corrected chi connectivity index (χ0v) is 6.91. The molecule has 0 spiro atoms. The predicted octanol–water partition coefficient (Wildman–Crippen LogP) is 0.709. The Morgan fingerprint density at radius 1 is 1.64 bits per heavy atom. The van der Waals surface area contributed by atoms with E-state index in [1.165, 1.54) is 0 Å². The Morgan fingerprint density at radius 2 is 2.27 bits per heavy atom. The topological polar surface area (TPSA) is 46.5 Å². The summed E-state index contributed by atoms with van der Waals surface area (Å²) in [5.41, 5.74) is 0. The molecule has 0 aromatic rings. The molecule has 0 bridgehead atoms. The van der Waals surface area contributed by atoms with Gasteiger partial charge in [0.15, 0.2) is 0 Å². The Bertz CT molecular complexity index is 153. The summed E-state index contributed by atoms with van der Waals surface area (Å²) in [5.74, 6) is -0.0272. The fourth-order valence-corrected chi connectivity index (χ4v) is 1.22. The van der Waals surface area contributed by atoms with Crippen LogP contribution in [0.1, 0.15) is 26.7 Å². The van der Waals surface area contributed by atoms with Crippen molar-refractivity contribution in [2.45, 2.75) is 38.9 Å². The Kier molecular flexibility index (Phi) is 2.49. The number of aliphatic hydroxyl groups is 1. The number of carbonyl (C=O) groups excluding carboxylic acids is 1. The molecule has 1 unspecified atom stereocenters. The van der Waals surface area contributed by atoms with Gasteiger partial charge in [0.2, 0.25) is 0 Å². The lowest BCUT2D eigenvalue weighted by Gasteiger charge is -2.19. The third kappa shape index (κ3) is 1.93. The molecule has 1 rings (SSSR count). The molecule has 1 aliphatic heterocycles. The number of esters is 1. The highest BCUT2D eigenvalue weighted by atomic mass is 16.6. The summed E-state index contributed by atoms with van der Waals surface area (Å²) in [4.78, 5) is 10.6. The maximum absolute atomic E-state index is 10.6. The van der Waals surface area contributed by atoms with E-state index < -0.39 is 6.10 Å². The summed E-state index contributed by atoms with van der Waals surface area (Å²) in [6.07, 6.45) is 0.357. The minimum absolute atomic E-state index is 0.158. The molecule has 1 aliphatic rings. The molecule has 0 aromatic carbocycles. The van der Waals surface area contributed by atoms with Gasteiger partial charge in [0.05, 0.1) is 6.10 Å². The third-order valence-electron chi connectivity index (χ3n) is 1.98. The molecule has 0 saturated carbocycles. The number of aliphatic hydroxyl groups excluding tert-OH is 1. The van der Waals surface area contributed by atoms with Crippen LogP contribution in [0.25, 0.3) is 0 Å². The van der Waals surface area contributed by atoms with Gasteiger partial charge in [-0.05, 0) is 12.3 Å². The Labute approximate surface area is 66.4 Å². The van der Waals surface area contributed by atoms with Crippen LogP contribution in [-0.2, 0) is 9.53 Å². The van der Waals surface area contributed by atoms with Crippen molar-refractivity contribution in [3.8, 4) is 0 Å². The van der Waals surface area contributed by atoms with Crippen LogP contribution in [0, 0.1) is 5.92 Å². The van der Waals surface area contributed by atoms with Gasteiger partial charge in [-0.3, -0.25) is 4.79 Å². The first-order valence-electron chi connectivity index (χ1n) is 3.99. The Balaban J connectivity index is 2.43. The minimum atomic E-state index is -0.499. The van der Waals surface area contributed by atoms with Gasteiger partial charge in [0.1, 0.15) is 6.10 Å². The van der Waals surface area contributed by atoms with E-state index >= 15 is 0 Å². The maximum Gasteiger partial charge on any atom is 0.306 e. The summed E-state index contributed by atoms with van der Waals surface area (Å²) in [5, 5.41) is 9.47. The third-order valence-corrected chi connectivity index (χ3v) is 1.98. The molecule has 1 N–H and O–H groups in total. The van der Waals surface area contributed by atoms with Crippen molar-refractivity contribution in [3.05, 3.63) is 0 Å². The second-order valence-electron chi connectivity index (χ2n) is 3.30. The molecule has 3 nitrogen and oxygen atoms in total. The van der Waals surface area contributed by atoms with E-state index in [4.69, 9.17) is 4.74 Å². The summed E-state index contributed by atoms with van der Waals surface area (Å²) in [6.45, 7) is 3.83. The summed E-state index contributed by atoms with van der Waals surface area (Å²) >= 11 is 0. The zero-order valence-electron chi connectivity index (χ0n) is 6.91. The molecule has 0 radical (unpaired) electrons. The van der Waals surface area contributed by atoms with Gasteiger partial charge in [0.25, 0.3) is 0 Å². The van der Waals surface area contributed by atoms with Crippen molar-refractivity contribution in [2.75, 3.05) is 0 Å². The Morgan fingerprint density at radius 3 is 2.64 bits per heavy atom. The van der Waals surface area contributed by atoms with Gasteiger partial charge in [-0.1, -0.05) is 13.8 Å². The van der Waals surface area contributed by atoms with E-state index in [0.717, 1.165) is 0 Å². The first-order valence-corrected chi connectivity index (χ1v) is 3.99. The summed E-state index contributed by atoms with van der Waals surface area (Å²) in [7, 11) is 0. The van der Waals surface area contributed by atoms with Gasteiger partial charge in [0, 0.05) is 6.42 Å². The lowest BCUT2D eigenvalue weighted by Crippen LogP contribution is -2.30. The van der Waals surface area contributed by atoms with Crippen LogP contribution < -0.4 is 0 Å².